The average Bonchev–Trinajstić information content (AvgIpc) is 2.74. The molecule has 0 saturated carbocycles. The first-order valence-electron chi connectivity index (χ1n) is 8.81. The minimum atomic E-state index is -0.302. The number of carbonyl (C=O) groups is 2. The van der Waals surface area contributed by atoms with Gasteiger partial charge in [-0.1, -0.05) is 36.4 Å². The quantitative estimate of drug-likeness (QED) is 0.602. The Morgan fingerprint density at radius 2 is 1.50 bits per heavy atom. The maximum Gasteiger partial charge on any atom is 0.318 e. The van der Waals surface area contributed by atoms with E-state index in [0.717, 1.165) is 5.56 Å². The summed E-state index contributed by atoms with van der Waals surface area (Å²) in [6, 6.07) is 23.4. The van der Waals surface area contributed by atoms with Gasteiger partial charge >= 0.3 is 6.03 Å². The van der Waals surface area contributed by atoms with Crippen molar-refractivity contribution in [2.45, 2.75) is 6.61 Å². The predicted molar refractivity (Wildman–Crippen MR) is 110 cm³/mol. The number of benzene rings is 3. The van der Waals surface area contributed by atoms with Crippen LogP contribution in [0.25, 0.3) is 0 Å². The fraction of sp³-hybridized carbons (Fsp3) is 0.0909. The van der Waals surface area contributed by atoms with Gasteiger partial charge in [-0.25, -0.2) is 4.79 Å². The topological polar surface area (TPSA) is 79.5 Å². The maximum absolute atomic E-state index is 12.5. The van der Waals surface area contributed by atoms with Crippen LogP contribution in [0.3, 0.4) is 0 Å². The molecule has 3 rings (SSSR count). The maximum atomic E-state index is 12.5. The van der Waals surface area contributed by atoms with E-state index in [2.05, 4.69) is 16.0 Å². The Kier molecular flexibility index (Phi) is 6.25. The van der Waals surface area contributed by atoms with Gasteiger partial charge in [0.1, 0.15) is 12.4 Å². The molecule has 0 aliphatic carbocycles. The summed E-state index contributed by atoms with van der Waals surface area (Å²) in [6.45, 7) is 0.436. The lowest BCUT2D eigenvalue weighted by Gasteiger charge is -2.10. The summed E-state index contributed by atoms with van der Waals surface area (Å²) in [7, 11) is 1.54. The van der Waals surface area contributed by atoms with Crippen molar-refractivity contribution in [3.63, 3.8) is 0 Å². The second-order valence-corrected chi connectivity index (χ2v) is 6.04. The van der Waals surface area contributed by atoms with E-state index < -0.39 is 0 Å². The summed E-state index contributed by atoms with van der Waals surface area (Å²) in [5, 5.41) is 7.97. The number of rotatable bonds is 6. The summed E-state index contributed by atoms with van der Waals surface area (Å²) in [5.41, 5.74) is 2.82. The highest BCUT2D eigenvalue weighted by molar-refractivity contribution is 6.04. The minimum Gasteiger partial charge on any atom is -0.489 e. The minimum absolute atomic E-state index is 0.239. The molecule has 0 bridgehead atoms. The average molecular weight is 375 g/mol. The van der Waals surface area contributed by atoms with Crippen molar-refractivity contribution in [3.05, 3.63) is 90.0 Å². The van der Waals surface area contributed by atoms with Crippen molar-refractivity contribution in [1.82, 2.24) is 5.32 Å². The molecule has 0 spiro atoms. The lowest BCUT2D eigenvalue weighted by molar-refractivity contribution is 0.102. The number of anilines is 2. The van der Waals surface area contributed by atoms with Crippen molar-refractivity contribution >= 4 is 23.3 Å². The summed E-state index contributed by atoms with van der Waals surface area (Å²) in [5.74, 6) is 0.388. The van der Waals surface area contributed by atoms with Crippen molar-refractivity contribution in [1.29, 1.82) is 0 Å². The van der Waals surface area contributed by atoms with Gasteiger partial charge in [0.15, 0.2) is 0 Å². The zero-order chi connectivity index (χ0) is 19.8. The van der Waals surface area contributed by atoms with Crippen LogP contribution in [0.15, 0.2) is 78.9 Å². The molecule has 0 heterocycles. The van der Waals surface area contributed by atoms with Crippen molar-refractivity contribution < 1.29 is 14.3 Å². The summed E-state index contributed by atoms with van der Waals surface area (Å²) < 4.78 is 5.77. The van der Waals surface area contributed by atoms with Gasteiger partial charge in [-0.05, 0) is 48.0 Å². The number of carbonyl (C=O) groups excluding carboxylic acids is 2. The van der Waals surface area contributed by atoms with Gasteiger partial charge < -0.3 is 20.7 Å². The van der Waals surface area contributed by atoms with E-state index >= 15 is 0 Å². The van der Waals surface area contributed by atoms with Gasteiger partial charge in [0.2, 0.25) is 0 Å². The molecular formula is C22H21N3O3. The van der Waals surface area contributed by atoms with Crippen LogP contribution in [0.2, 0.25) is 0 Å². The molecule has 28 heavy (non-hydrogen) atoms. The Labute approximate surface area is 163 Å². The van der Waals surface area contributed by atoms with E-state index in [4.69, 9.17) is 4.74 Å². The third kappa shape index (κ3) is 5.35. The zero-order valence-electron chi connectivity index (χ0n) is 15.4. The van der Waals surface area contributed by atoms with E-state index in [1.807, 2.05) is 36.4 Å². The van der Waals surface area contributed by atoms with Crippen molar-refractivity contribution in [3.8, 4) is 5.75 Å². The second kappa shape index (κ2) is 9.23. The third-order valence-electron chi connectivity index (χ3n) is 3.97. The molecule has 0 aliphatic heterocycles. The first-order valence-corrected chi connectivity index (χ1v) is 8.81. The van der Waals surface area contributed by atoms with Crippen LogP contribution in [0, 0.1) is 0 Å². The number of hydrogen-bond donors (Lipinski definition) is 3. The molecule has 3 aromatic carbocycles. The van der Waals surface area contributed by atoms with Gasteiger partial charge in [-0.2, -0.15) is 0 Å². The highest BCUT2D eigenvalue weighted by Gasteiger charge is 2.08. The molecule has 6 nitrogen and oxygen atoms in total. The predicted octanol–water partition coefficient (Wildman–Crippen LogP) is 4.27. The molecule has 0 fully saturated rings. The second-order valence-electron chi connectivity index (χ2n) is 6.04. The molecule has 142 valence electrons. The van der Waals surface area contributed by atoms with Gasteiger partial charge in [-0.3, -0.25) is 4.79 Å². The van der Waals surface area contributed by atoms with Gasteiger partial charge in [0.05, 0.1) is 0 Å². The van der Waals surface area contributed by atoms with Crippen LogP contribution < -0.4 is 20.7 Å². The standard InChI is InChI=1S/C22H21N3O3/c1-23-22(27)25-19-12-10-18(11-13-19)24-21(26)17-8-5-9-20(14-17)28-15-16-6-3-2-4-7-16/h2-14H,15H2,1H3,(H,24,26)(H2,23,25,27). The Morgan fingerprint density at radius 1 is 0.821 bits per heavy atom. The number of hydrogen-bond acceptors (Lipinski definition) is 3. The lowest BCUT2D eigenvalue weighted by atomic mass is 10.2. The number of nitrogens with one attached hydrogen (secondary N) is 3. The molecule has 6 heteroatoms. The highest BCUT2D eigenvalue weighted by atomic mass is 16.5. The van der Waals surface area contributed by atoms with E-state index in [0.29, 0.717) is 29.3 Å². The normalized spacial score (nSPS) is 10.0. The molecule has 0 atom stereocenters. The molecule has 3 aromatic rings. The monoisotopic (exact) mass is 375 g/mol. The van der Waals surface area contributed by atoms with E-state index in [1.54, 1.807) is 49.5 Å². The first-order chi connectivity index (χ1) is 13.6. The Bertz CT molecular complexity index is 941. The number of urea groups is 1. The van der Waals surface area contributed by atoms with Crippen LogP contribution in [-0.4, -0.2) is 19.0 Å². The van der Waals surface area contributed by atoms with Gasteiger partial charge in [0, 0.05) is 24.0 Å². The van der Waals surface area contributed by atoms with Crippen molar-refractivity contribution in [2.75, 3.05) is 17.7 Å². The Balaban J connectivity index is 1.60. The first kappa shape index (κ1) is 19.0. The van der Waals surface area contributed by atoms with E-state index in [9.17, 15) is 9.59 Å². The van der Waals surface area contributed by atoms with Crippen LogP contribution in [0.4, 0.5) is 16.2 Å². The number of ether oxygens (including phenoxy) is 1. The molecule has 0 unspecified atom stereocenters. The lowest BCUT2D eigenvalue weighted by Crippen LogP contribution is -2.24. The molecule has 0 saturated heterocycles. The smallest absolute Gasteiger partial charge is 0.318 e. The van der Waals surface area contributed by atoms with Crippen LogP contribution in [-0.2, 0) is 6.61 Å². The fourth-order valence-electron chi connectivity index (χ4n) is 2.50. The molecule has 0 aliphatic rings. The van der Waals surface area contributed by atoms with Crippen LogP contribution >= 0.6 is 0 Å². The Morgan fingerprint density at radius 3 is 2.18 bits per heavy atom. The summed E-state index contributed by atoms with van der Waals surface area (Å²) >= 11 is 0. The highest BCUT2D eigenvalue weighted by Crippen LogP contribution is 2.18. The fourth-order valence-corrected chi connectivity index (χ4v) is 2.50. The number of amides is 3. The van der Waals surface area contributed by atoms with Gasteiger partial charge in [-0.15, -0.1) is 0 Å². The largest absolute Gasteiger partial charge is 0.489 e. The third-order valence-corrected chi connectivity index (χ3v) is 3.97. The Hall–Kier alpha value is -3.80. The molecule has 0 radical (unpaired) electrons. The summed E-state index contributed by atoms with van der Waals surface area (Å²) in [6.07, 6.45) is 0. The molecule has 0 aromatic heterocycles. The van der Waals surface area contributed by atoms with Crippen molar-refractivity contribution in [2.24, 2.45) is 0 Å². The summed E-state index contributed by atoms with van der Waals surface area (Å²) in [4.78, 5) is 23.8. The molecule has 3 N–H and O–H groups in total. The SMILES string of the molecule is CNC(=O)Nc1ccc(NC(=O)c2cccc(OCc3ccccc3)c2)cc1. The van der Waals surface area contributed by atoms with Crippen LogP contribution in [0.5, 0.6) is 5.75 Å². The van der Waals surface area contributed by atoms with Crippen LogP contribution in [0.1, 0.15) is 15.9 Å². The zero-order valence-corrected chi connectivity index (χ0v) is 15.4. The van der Waals surface area contributed by atoms with E-state index in [-0.39, 0.29) is 11.9 Å². The molecular weight excluding hydrogens is 354 g/mol. The molecule has 3 amide bonds. The van der Waals surface area contributed by atoms with E-state index in [1.165, 1.54) is 0 Å². The van der Waals surface area contributed by atoms with Gasteiger partial charge in [0.25, 0.3) is 5.91 Å².